The van der Waals surface area contributed by atoms with Gasteiger partial charge in [0.05, 0.1) is 36.6 Å². The Kier molecular flexibility index (Phi) is 9.25. The normalized spacial score (nSPS) is 14.7. The minimum atomic E-state index is -0.836. The van der Waals surface area contributed by atoms with Crippen LogP contribution in [0.3, 0.4) is 0 Å². The molecule has 0 spiro atoms. The van der Waals surface area contributed by atoms with Crippen molar-refractivity contribution in [2.45, 2.75) is 26.5 Å². The zero-order chi connectivity index (χ0) is 30.7. The standard InChI is InChI=1S/C32H28Cl2N2O6S/c1-5-41-31(38)28-18(2)35-32-36(29(28)23-13-12-22(39-3)16-26(23)40-4)30(37)27(43-32)14-19-8-6-7-9-25(19)42-17-20-10-11-21(33)15-24(20)34/h6-16,29H,5,17H2,1-4H3/b27-14-/t29-/m1/s1. The van der Waals surface area contributed by atoms with Crippen LogP contribution in [0.2, 0.25) is 10.0 Å². The number of carbonyl (C=O) groups excluding carboxylic acids is 1. The molecule has 0 saturated carbocycles. The third-order valence-corrected chi connectivity index (χ3v) is 8.43. The van der Waals surface area contributed by atoms with E-state index in [-0.39, 0.29) is 24.3 Å². The first-order valence-electron chi connectivity index (χ1n) is 13.3. The lowest BCUT2D eigenvalue weighted by Gasteiger charge is -2.26. The van der Waals surface area contributed by atoms with Crippen molar-refractivity contribution in [3.8, 4) is 17.2 Å². The summed E-state index contributed by atoms with van der Waals surface area (Å²) in [5.74, 6) is 1.04. The van der Waals surface area contributed by atoms with Gasteiger partial charge in [0.25, 0.3) is 5.56 Å². The van der Waals surface area contributed by atoms with Gasteiger partial charge in [0.2, 0.25) is 0 Å². The average molecular weight is 640 g/mol. The van der Waals surface area contributed by atoms with Gasteiger partial charge in [-0.15, -0.1) is 0 Å². The fourth-order valence-corrected chi connectivity index (χ4v) is 6.30. The second-order valence-corrected chi connectivity index (χ2v) is 11.3. The third kappa shape index (κ3) is 6.20. The largest absolute Gasteiger partial charge is 0.497 e. The third-order valence-electron chi connectivity index (χ3n) is 6.86. The Hall–Kier alpha value is -4.05. The second-order valence-electron chi connectivity index (χ2n) is 9.47. The van der Waals surface area contributed by atoms with Crippen LogP contribution in [0, 0.1) is 0 Å². The van der Waals surface area contributed by atoms with E-state index >= 15 is 0 Å². The van der Waals surface area contributed by atoms with E-state index in [0.717, 1.165) is 5.56 Å². The predicted octanol–water partition coefficient (Wildman–Crippen LogP) is 5.70. The molecule has 0 saturated heterocycles. The molecule has 4 aromatic rings. The molecule has 1 aliphatic rings. The van der Waals surface area contributed by atoms with E-state index < -0.39 is 12.0 Å². The van der Waals surface area contributed by atoms with Gasteiger partial charge in [-0.2, -0.15) is 0 Å². The first kappa shape index (κ1) is 30.4. The minimum Gasteiger partial charge on any atom is -0.497 e. The summed E-state index contributed by atoms with van der Waals surface area (Å²) < 4.78 is 24.5. The van der Waals surface area contributed by atoms with Gasteiger partial charge in [-0.3, -0.25) is 9.36 Å². The van der Waals surface area contributed by atoms with E-state index in [1.54, 1.807) is 57.4 Å². The molecule has 11 heteroatoms. The number of hydrogen-bond acceptors (Lipinski definition) is 8. The van der Waals surface area contributed by atoms with Crippen molar-refractivity contribution < 1.29 is 23.7 Å². The van der Waals surface area contributed by atoms with Crippen LogP contribution in [0.4, 0.5) is 0 Å². The summed E-state index contributed by atoms with van der Waals surface area (Å²) in [6.45, 7) is 3.84. The molecule has 3 aromatic carbocycles. The molecular formula is C32H28Cl2N2O6S. The Bertz CT molecular complexity index is 1910. The van der Waals surface area contributed by atoms with Crippen LogP contribution in [0.15, 0.2) is 81.7 Å². The van der Waals surface area contributed by atoms with Crippen molar-refractivity contribution in [3.05, 3.63) is 118 Å². The molecule has 0 fully saturated rings. The number of benzene rings is 3. The van der Waals surface area contributed by atoms with E-state index in [1.807, 2.05) is 30.3 Å². The number of thiazole rings is 1. The molecule has 0 bridgehead atoms. The molecule has 0 radical (unpaired) electrons. The highest BCUT2D eigenvalue weighted by Crippen LogP contribution is 2.37. The first-order chi connectivity index (χ1) is 20.7. The molecule has 1 aromatic heterocycles. The number of methoxy groups -OCH3 is 2. The topological polar surface area (TPSA) is 88.4 Å². The highest BCUT2D eigenvalue weighted by Gasteiger charge is 2.35. The molecule has 0 amide bonds. The maximum atomic E-state index is 14.1. The van der Waals surface area contributed by atoms with E-state index in [9.17, 15) is 9.59 Å². The van der Waals surface area contributed by atoms with Gasteiger partial charge in [0, 0.05) is 32.8 Å². The fourth-order valence-electron chi connectivity index (χ4n) is 4.80. The number of halogens is 2. The van der Waals surface area contributed by atoms with Gasteiger partial charge < -0.3 is 18.9 Å². The highest BCUT2D eigenvalue weighted by molar-refractivity contribution is 7.07. The summed E-state index contributed by atoms with van der Waals surface area (Å²) in [7, 11) is 3.08. The lowest BCUT2D eigenvalue weighted by atomic mass is 9.95. The van der Waals surface area contributed by atoms with Crippen molar-refractivity contribution in [2.24, 2.45) is 4.99 Å². The quantitative estimate of drug-likeness (QED) is 0.219. The Labute approximate surface area is 262 Å². The van der Waals surface area contributed by atoms with Crippen molar-refractivity contribution in [1.82, 2.24) is 4.57 Å². The molecule has 1 atom stereocenters. The van der Waals surface area contributed by atoms with E-state index in [0.29, 0.717) is 53.5 Å². The molecule has 1 aliphatic heterocycles. The molecule has 5 rings (SSSR count). The van der Waals surface area contributed by atoms with E-state index in [4.69, 9.17) is 42.1 Å². The highest BCUT2D eigenvalue weighted by atomic mass is 35.5. The maximum absolute atomic E-state index is 14.1. The van der Waals surface area contributed by atoms with Gasteiger partial charge in [-0.05, 0) is 50.3 Å². The first-order valence-corrected chi connectivity index (χ1v) is 14.9. The Morgan fingerprint density at radius 3 is 2.56 bits per heavy atom. The van der Waals surface area contributed by atoms with Gasteiger partial charge in [0.1, 0.15) is 29.9 Å². The molecule has 0 aliphatic carbocycles. The van der Waals surface area contributed by atoms with Crippen LogP contribution in [0.25, 0.3) is 6.08 Å². The van der Waals surface area contributed by atoms with Crippen LogP contribution in [0.1, 0.15) is 36.6 Å². The van der Waals surface area contributed by atoms with Crippen LogP contribution in [-0.4, -0.2) is 31.4 Å². The number of esters is 1. The summed E-state index contributed by atoms with van der Waals surface area (Å²) in [6.07, 6.45) is 1.76. The van der Waals surface area contributed by atoms with Crippen LogP contribution in [0.5, 0.6) is 17.2 Å². The number of aromatic nitrogens is 1. The summed E-state index contributed by atoms with van der Waals surface area (Å²) >= 11 is 13.6. The fraction of sp³-hybridized carbons (Fsp3) is 0.219. The summed E-state index contributed by atoms with van der Waals surface area (Å²) in [5.41, 5.74) is 2.45. The van der Waals surface area contributed by atoms with Gasteiger partial charge in [0.15, 0.2) is 4.80 Å². The van der Waals surface area contributed by atoms with Crippen LogP contribution >= 0.6 is 34.5 Å². The second kappa shape index (κ2) is 13.1. The average Bonchev–Trinajstić information content (AvgIpc) is 3.30. The SMILES string of the molecule is CCOC(=O)C1=C(C)N=c2s/c(=C\c3ccccc3OCc3ccc(Cl)cc3Cl)c(=O)n2[C@@H]1c1ccc(OC)cc1OC. The van der Waals surface area contributed by atoms with Crippen molar-refractivity contribution in [2.75, 3.05) is 20.8 Å². The maximum Gasteiger partial charge on any atom is 0.338 e. The smallest absolute Gasteiger partial charge is 0.338 e. The molecule has 222 valence electrons. The Balaban J connectivity index is 1.63. The monoisotopic (exact) mass is 638 g/mol. The molecule has 0 N–H and O–H groups in total. The lowest BCUT2D eigenvalue weighted by molar-refractivity contribution is -0.139. The number of rotatable bonds is 9. The Morgan fingerprint density at radius 2 is 1.84 bits per heavy atom. The number of hydrogen-bond donors (Lipinski definition) is 0. The summed E-state index contributed by atoms with van der Waals surface area (Å²) in [6, 6.07) is 17.0. The van der Waals surface area contributed by atoms with E-state index in [2.05, 4.69) is 4.99 Å². The van der Waals surface area contributed by atoms with Crippen molar-refractivity contribution in [3.63, 3.8) is 0 Å². The minimum absolute atomic E-state index is 0.171. The van der Waals surface area contributed by atoms with Crippen molar-refractivity contribution in [1.29, 1.82) is 0 Å². The van der Waals surface area contributed by atoms with E-state index in [1.165, 1.54) is 23.0 Å². The number of nitrogens with zero attached hydrogens (tertiary/aromatic N) is 2. The molecule has 43 heavy (non-hydrogen) atoms. The Morgan fingerprint density at radius 1 is 1.05 bits per heavy atom. The summed E-state index contributed by atoms with van der Waals surface area (Å²) in [4.78, 5) is 32.4. The van der Waals surface area contributed by atoms with Crippen LogP contribution in [-0.2, 0) is 16.1 Å². The summed E-state index contributed by atoms with van der Waals surface area (Å²) in [5, 5.41) is 1.04. The van der Waals surface area contributed by atoms with Gasteiger partial charge in [-0.25, -0.2) is 9.79 Å². The van der Waals surface area contributed by atoms with Gasteiger partial charge >= 0.3 is 5.97 Å². The molecule has 0 unspecified atom stereocenters. The molecule has 8 nitrogen and oxygen atoms in total. The zero-order valence-electron chi connectivity index (χ0n) is 23.9. The number of carbonyl (C=O) groups is 1. The van der Waals surface area contributed by atoms with Gasteiger partial charge in [-0.1, -0.05) is 58.8 Å². The number of fused-ring (bicyclic) bond motifs is 1. The molecular weight excluding hydrogens is 611 g/mol. The number of ether oxygens (including phenoxy) is 4. The molecule has 2 heterocycles. The number of para-hydroxylation sites is 1. The number of allylic oxidation sites excluding steroid dienone is 1. The predicted molar refractivity (Wildman–Crippen MR) is 167 cm³/mol. The lowest BCUT2D eigenvalue weighted by Crippen LogP contribution is -2.40. The zero-order valence-corrected chi connectivity index (χ0v) is 26.2. The van der Waals surface area contributed by atoms with Crippen LogP contribution < -0.4 is 29.1 Å². The van der Waals surface area contributed by atoms with Crippen molar-refractivity contribution >= 4 is 46.6 Å².